The highest BCUT2D eigenvalue weighted by molar-refractivity contribution is 5.94. The maximum Gasteiger partial charge on any atom is 0.305 e. The quantitative estimate of drug-likeness (QED) is 0.0246. The Kier molecular flexibility index (Phi) is 25.2. The maximum atomic E-state index is 14.1. The van der Waals surface area contributed by atoms with Crippen molar-refractivity contribution in [3.05, 3.63) is 47.8 Å². The fourth-order valence-corrected chi connectivity index (χ4v) is 6.22. The number of guanidine groups is 1. The Morgan fingerprint density at radius 3 is 2.14 bits per heavy atom. The SMILES string of the molecule is C[C@H](F)C(=O)NCCOCCOCCOCCOCCC(=O)NCCC[C@H]1C(=O)N[C@@H](CCCN=C(N)N)C(=O)NCC(=O)NC(CC(=O)O)C(=O)N[C@@H](Cc2ccccc2)c2cn1nn2. The van der Waals surface area contributed by atoms with E-state index in [-0.39, 0.29) is 102 Å². The van der Waals surface area contributed by atoms with Crippen molar-refractivity contribution >= 4 is 47.4 Å². The van der Waals surface area contributed by atoms with Gasteiger partial charge < -0.3 is 67.4 Å². The highest BCUT2D eigenvalue weighted by atomic mass is 19.1. The van der Waals surface area contributed by atoms with Gasteiger partial charge in [0, 0.05) is 26.1 Å². The van der Waals surface area contributed by atoms with Gasteiger partial charge in [-0.1, -0.05) is 35.5 Å². The molecule has 1 unspecified atom stereocenters. The summed E-state index contributed by atoms with van der Waals surface area (Å²) in [4.78, 5) is 93.5. The molecular weight excluding hydrogens is 872 g/mol. The van der Waals surface area contributed by atoms with Crippen molar-refractivity contribution in [2.45, 2.75) is 82.2 Å². The average molecular weight is 935 g/mol. The lowest BCUT2D eigenvalue weighted by Crippen LogP contribution is -2.53. The highest BCUT2D eigenvalue weighted by Gasteiger charge is 2.32. The molecule has 6 amide bonds. The van der Waals surface area contributed by atoms with Gasteiger partial charge in [0.15, 0.2) is 12.1 Å². The third kappa shape index (κ3) is 22.1. The molecule has 0 radical (unpaired) electrons. The van der Waals surface area contributed by atoms with Crippen LogP contribution >= 0.6 is 0 Å². The minimum Gasteiger partial charge on any atom is -0.481 e. The molecule has 366 valence electrons. The van der Waals surface area contributed by atoms with Crippen molar-refractivity contribution in [2.75, 3.05) is 79.0 Å². The number of nitrogens with one attached hydrogen (secondary N) is 6. The first-order valence-electron chi connectivity index (χ1n) is 21.6. The van der Waals surface area contributed by atoms with E-state index in [0.29, 0.717) is 26.4 Å². The number of fused-ring (bicyclic) bond motifs is 2. The molecule has 2 aromatic rings. The Hall–Kier alpha value is -6.31. The summed E-state index contributed by atoms with van der Waals surface area (Å²) in [5, 5.41) is 33.6. The van der Waals surface area contributed by atoms with Crippen LogP contribution in [0.4, 0.5) is 4.39 Å². The molecule has 2 bridgehead atoms. The smallest absolute Gasteiger partial charge is 0.305 e. The van der Waals surface area contributed by atoms with Crippen LogP contribution in [0.1, 0.15) is 68.8 Å². The van der Waals surface area contributed by atoms with Crippen molar-refractivity contribution in [1.82, 2.24) is 46.9 Å². The molecule has 11 N–H and O–H groups in total. The maximum absolute atomic E-state index is 14.1. The minimum atomic E-state index is -1.57. The number of amides is 6. The van der Waals surface area contributed by atoms with Gasteiger partial charge in [0.25, 0.3) is 5.91 Å². The number of halogens is 1. The first-order chi connectivity index (χ1) is 31.7. The van der Waals surface area contributed by atoms with Gasteiger partial charge in [0.05, 0.1) is 78.1 Å². The van der Waals surface area contributed by atoms with Gasteiger partial charge in [-0.05, 0) is 44.6 Å². The van der Waals surface area contributed by atoms with Crippen LogP contribution in [0.25, 0.3) is 0 Å². The fourth-order valence-electron chi connectivity index (χ4n) is 6.22. The lowest BCUT2D eigenvalue weighted by Gasteiger charge is -2.24. The van der Waals surface area contributed by atoms with Crippen LogP contribution in [-0.2, 0) is 58.9 Å². The lowest BCUT2D eigenvalue weighted by molar-refractivity contribution is -0.141. The van der Waals surface area contributed by atoms with Crippen molar-refractivity contribution in [3.63, 3.8) is 0 Å². The number of rotatable bonds is 28. The number of aromatic nitrogens is 3. The second kappa shape index (κ2) is 30.8. The number of alkyl halides is 1. The normalized spacial score (nSPS) is 18.5. The summed E-state index contributed by atoms with van der Waals surface area (Å²) in [6.07, 6.45) is 0.0972. The highest BCUT2D eigenvalue weighted by Crippen LogP contribution is 2.21. The predicted octanol–water partition coefficient (Wildman–Crippen LogP) is -2.33. The Bertz CT molecular complexity index is 1870. The molecule has 1 aromatic heterocycles. The number of nitrogens with two attached hydrogens (primary N) is 2. The fraction of sp³-hybridized carbons (Fsp3) is 0.610. The van der Waals surface area contributed by atoms with Gasteiger partial charge in [-0.25, -0.2) is 9.07 Å². The average Bonchev–Trinajstić information content (AvgIpc) is 3.77. The Labute approximate surface area is 381 Å². The second-order valence-corrected chi connectivity index (χ2v) is 14.9. The van der Waals surface area contributed by atoms with Crippen LogP contribution in [-0.4, -0.2) is 165 Å². The summed E-state index contributed by atoms with van der Waals surface area (Å²) in [5.41, 5.74) is 11.9. The van der Waals surface area contributed by atoms with Gasteiger partial charge in [-0.15, -0.1) is 5.10 Å². The van der Waals surface area contributed by atoms with E-state index in [1.54, 1.807) is 12.1 Å². The molecular formula is C41H63FN12O12. The number of benzene rings is 1. The Morgan fingerprint density at radius 1 is 0.833 bits per heavy atom. The monoisotopic (exact) mass is 934 g/mol. The van der Waals surface area contributed by atoms with E-state index in [2.05, 4.69) is 47.2 Å². The molecule has 2 heterocycles. The van der Waals surface area contributed by atoms with Crippen LogP contribution in [0.5, 0.6) is 0 Å². The molecule has 66 heavy (non-hydrogen) atoms. The van der Waals surface area contributed by atoms with Gasteiger partial charge in [0.1, 0.15) is 23.8 Å². The Morgan fingerprint density at radius 2 is 1.48 bits per heavy atom. The molecule has 1 aromatic carbocycles. The van der Waals surface area contributed by atoms with Crippen molar-refractivity contribution in [1.29, 1.82) is 0 Å². The zero-order chi connectivity index (χ0) is 48.1. The summed E-state index contributed by atoms with van der Waals surface area (Å²) in [7, 11) is 0. The zero-order valence-corrected chi connectivity index (χ0v) is 37.0. The van der Waals surface area contributed by atoms with Crippen LogP contribution < -0.4 is 43.4 Å². The summed E-state index contributed by atoms with van der Waals surface area (Å²) in [6.45, 7) is 3.17. The van der Waals surface area contributed by atoms with Crippen molar-refractivity contribution in [3.8, 4) is 0 Å². The van der Waals surface area contributed by atoms with Crippen LogP contribution in [0.3, 0.4) is 0 Å². The molecule has 25 heteroatoms. The van der Waals surface area contributed by atoms with Gasteiger partial charge in [-0.2, -0.15) is 0 Å². The summed E-state index contributed by atoms with van der Waals surface area (Å²) >= 11 is 0. The number of carbonyl (C=O) groups excluding carboxylic acids is 6. The summed E-state index contributed by atoms with van der Waals surface area (Å²) in [6, 6.07) is 4.41. The third-order valence-electron chi connectivity index (χ3n) is 9.61. The first kappa shape index (κ1) is 54.0. The number of hydrogen-bond acceptors (Lipinski definition) is 14. The molecule has 0 saturated heterocycles. The van der Waals surface area contributed by atoms with Gasteiger partial charge in [-0.3, -0.25) is 38.6 Å². The molecule has 0 fully saturated rings. The topological polar surface area (TPSA) is 344 Å². The summed E-state index contributed by atoms with van der Waals surface area (Å²) in [5.74, 6) is -5.53. The number of aliphatic carboxylic acids is 1. The number of ether oxygens (including phenoxy) is 4. The number of aliphatic imine (C=N–C) groups is 1. The second-order valence-electron chi connectivity index (χ2n) is 14.9. The Balaban J connectivity index is 1.59. The lowest BCUT2D eigenvalue weighted by atomic mass is 10.0. The van der Waals surface area contributed by atoms with E-state index >= 15 is 0 Å². The van der Waals surface area contributed by atoms with E-state index in [4.69, 9.17) is 30.4 Å². The summed E-state index contributed by atoms with van der Waals surface area (Å²) < 4.78 is 35.7. The number of carbonyl (C=O) groups is 7. The number of hydrogen-bond donors (Lipinski definition) is 9. The minimum absolute atomic E-state index is 0.0543. The molecule has 1 aliphatic heterocycles. The molecule has 0 aliphatic carbocycles. The predicted molar refractivity (Wildman–Crippen MR) is 233 cm³/mol. The van der Waals surface area contributed by atoms with Crippen molar-refractivity contribution in [2.24, 2.45) is 16.5 Å². The zero-order valence-electron chi connectivity index (χ0n) is 37.0. The van der Waals surface area contributed by atoms with E-state index < -0.39 is 78.8 Å². The van der Waals surface area contributed by atoms with E-state index in [1.165, 1.54) is 10.9 Å². The van der Waals surface area contributed by atoms with Crippen LogP contribution in [0.2, 0.25) is 0 Å². The van der Waals surface area contributed by atoms with Gasteiger partial charge >= 0.3 is 5.97 Å². The third-order valence-corrected chi connectivity index (χ3v) is 9.61. The number of nitrogens with zero attached hydrogens (tertiary/aromatic N) is 4. The molecule has 3 rings (SSSR count). The molecule has 0 spiro atoms. The van der Waals surface area contributed by atoms with E-state index in [0.717, 1.165) is 12.5 Å². The van der Waals surface area contributed by atoms with Crippen molar-refractivity contribution < 1.29 is 62.0 Å². The van der Waals surface area contributed by atoms with Crippen LogP contribution in [0, 0.1) is 0 Å². The molecule has 24 nitrogen and oxygen atoms in total. The molecule has 1 aliphatic rings. The number of carboxylic acid groups (broad SMARTS) is 1. The molecule has 5 atom stereocenters. The van der Waals surface area contributed by atoms with Gasteiger partial charge in [0.2, 0.25) is 29.5 Å². The van der Waals surface area contributed by atoms with E-state index in [1.807, 2.05) is 18.2 Å². The van der Waals surface area contributed by atoms with Crippen LogP contribution in [0.15, 0.2) is 41.5 Å². The molecule has 0 saturated carbocycles. The standard InChI is InChI=1S/C41H63FN12O12/c1-27(42)37(59)46-14-16-64-18-20-66-22-21-65-19-17-63-15-11-34(55)45-12-6-10-33-40(62)50-29(9-5-13-47-41(43)44)38(60)48-25-35(56)49-31(24-36(57)58)39(61)51-30(32-26-54(33)53-52-32)23-28-7-3-2-4-8-28/h2-4,7-8,26-27,29-31,33H,5-6,9-25H2,1H3,(H,45,55)(H,46,59)(H,48,60)(H,49,56)(H,50,62)(H,51,61)(H,57,58)(H4,43,44,47)/t27-,29-,30-,31?,33-/m0/s1. The largest absolute Gasteiger partial charge is 0.481 e. The first-order valence-corrected chi connectivity index (χ1v) is 21.6. The van der Waals surface area contributed by atoms with E-state index in [9.17, 15) is 43.1 Å². The number of carboxylic acids is 1.